The number of likely N-dealkylation sites (tertiary alicyclic amines) is 1. The van der Waals surface area contributed by atoms with Gasteiger partial charge in [0.15, 0.2) is 0 Å². The molecule has 0 radical (unpaired) electrons. The number of rotatable bonds is 3. The highest BCUT2D eigenvalue weighted by Crippen LogP contribution is 2.30. The Morgan fingerprint density at radius 1 is 1.47 bits per heavy atom. The zero-order chi connectivity index (χ0) is 13.1. The van der Waals surface area contributed by atoms with Crippen LogP contribution in [0.1, 0.15) is 35.9 Å². The summed E-state index contributed by atoms with van der Waals surface area (Å²) in [6.45, 7) is 0.855. The van der Waals surface area contributed by atoms with Crippen LogP contribution in [0.25, 0.3) is 0 Å². The average Bonchev–Trinajstić information content (AvgIpc) is 3.11. The van der Waals surface area contributed by atoms with E-state index in [-0.39, 0.29) is 11.9 Å². The van der Waals surface area contributed by atoms with Crippen LogP contribution in [0.5, 0.6) is 0 Å². The molecule has 0 saturated carbocycles. The smallest absolute Gasteiger partial charge is 0.228 e. The van der Waals surface area contributed by atoms with Crippen molar-refractivity contribution in [3.8, 4) is 0 Å². The zero-order valence-corrected chi connectivity index (χ0v) is 11.5. The lowest BCUT2D eigenvalue weighted by atomic mass is 9.99. The second kappa shape index (κ2) is 5.57. The second-order valence-corrected chi connectivity index (χ2v) is 5.90. The van der Waals surface area contributed by atoms with Crippen LogP contribution in [0, 0.1) is 0 Å². The van der Waals surface area contributed by atoms with Gasteiger partial charge in [0.05, 0.1) is 18.2 Å². The molecular formula is C14H17N3OS. The minimum Gasteiger partial charge on any atom is -0.334 e. The molecule has 1 aliphatic heterocycles. The molecule has 3 rings (SSSR count). The Balaban J connectivity index is 1.75. The number of H-pyrrole nitrogens is 1. The van der Waals surface area contributed by atoms with Gasteiger partial charge in [0.25, 0.3) is 0 Å². The van der Waals surface area contributed by atoms with Crippen molar-refractivity contribution in [3.63, 3.8) is 0 Å². The first kappa shape index (κ1) is 12.4. The van der Waals surface area contributed by atoms with Crippen LogP contribution in [0.3, 0.4) is 0 Å². The molecule has 0 aromatic carbocycles. The van der Waals surface area contributed by atoms with Crippen LogP contribution < -0.4 is 0 Å². The lowest BCUT2D eigenvalue weighted by Crippen LogP contribution is -2.39. The number of thiophene rings is 1. The molecule has 100 valence electrons. The van der Waals surface area contributed by atoms with Gasteiger partial charge >= 0.3 is 0 Å². The van der Waals surface area contributed by atoms with Gasteiger partial charge in [0.1, 0.15) is 0 Å². The van der Waals surface area contributed by atoms with E-state index in [0.717, 1.165) is 30.0 Å². The fraction of sp³-hybridized carbons (Fsp3) is 0.429. The molecular weight excluding hydrogens is 258 g/mol. The van der Waals surface area contributed by atoms with Crippen LogP contribution in [0.2, 0.25) is 0 Å². The number of carbonyl (C=O) groups excluding carboxylic acids is 1. The molecule has 0 bridgehead atoms. The predicted molar refractivity (Wildman–Crippen MR) is 74.9 cm³/mol. The van der Waals surface area contributed by atoms with Crippen LogP contribution in [0.4, 0.5) is 0 Å². The lowest BCUT2D eigenvalue weighted by molar-refractivity contribution is -0.134. The maximum absolute atomic E-state index is 12.5. The Bertz CT molecular complexity index is 521. The van der Waals surface area contributed by atoms with E-state index in [9.17, 15) is 4.79 Å². The quantitative estimate of drug-likeness (QED) is 0.936. The summed E-state index contributed by atoms with van der Waals surface area (Å²) < 4.78 is 0. The number of aromatic nitrogens is 2. The molecule has 1 aliphatic rings. The van der Waals surface area contributed by atoms with Crippen molar-refractivity contribution in [2.24, 2.45) is 0 Å². The summed E-state index contributed by atoms with van der Waals surface area (Å²) in [5.41, 5.74) is 1.05. The van der Waals surface area contributed by atoms with E-state index >= 15 is 0 Å². The van der Waals surface area contributed by atoms with Crippen molar-refractivity contribution >= 4 is 17.2 Å². The fourth-order valence-electron chi connectivity index (χ4n) is 2.67. The van der Waals surface area contributed by atoms with E-state index < -0.39 is 0 Å². The molecule has 0 aliphatic carbocycles. The third-order valence-corrected chi connectivity index (χ3v) is 4.49. The lowest BCUT2D eigenvalue weighted by Gasteiger charge is -2.35. The normalized spacial score (nSPS) is 19.6. The SMILES string of the molecule is O=C(Cc1cccs1)N1CCCC[C@H]1c1ccn[nH]1. The highest BCUT2D eigenvalue weighted by atomic mass is 32.1. The highest BCUT2D eigenvalue weighted by molar-refractivity contribution is 7.10. The first-order valence-corrected chi connectivity index (χ1v) is 7.53. The number of piperidine rings is 1. The molecule has 1 fully saturated rings. The van der Waals surface area contributed by atoms with Crippen molar-refractivity contribution in [2.75, 3.05) is 6.54 Å². The van der Waals surface area contributed by atoms with E-state index in [4.69, 9.17) is 0 Å². The number of hydrogen-bond donors (Lipinski definition) is 1. The topological polar surface area (TPSA) is 49.0 Å². The molecule has 4 nitrogen and oxygen atoms in total. The maximum Gasteiger partial charge on any atom is 0.228 e. The van der Waals surface area contributed by atoms with Crippen molar-refractivity contribution in [2.45, 2.75) is 31.7 Å². The molecule has 5 heteroatoms. The molecule has 1 atom stereocenters. The molecule has 0 spiro atoms. The van der Waals surface area contributed by atoms with E-state index in [1.165, 1.54) is 6.42 Å². The molecule has 1 N–H and O–H groups in total. The van der Waals surface area contributed by atoms with Crippen LogP contribution in [-0.2, 0) is 11.2 Å². The Morgan fingerprint density at radius 2 is 2.42 bits per heavy atom. The van der Waals surface area contributed by atoms with E-state index in [0.29, 0.717) is 6.42 Å². The van der Waals surface area contributed by atoms with Gasteiger partial charge < -0.3 is 4.90 Å². The Kier molecular flexibility index (Phi) is 3.64. The fourth-order valence-corrected chi connectivity index (χ4v) is 3.37. The highest BCUT2D eigenvalue weighted by Gasteiger charge is 2.28. The zero-order valence-electron chi connectivity index (χ0n) is 10.7. The first-order chi connectivity index (χ1) is 9.34. The number of nitrogens with zero attached hydrogens (tertiary/aromatic N) is 2. The summed E-state index contributed by atoms with van der Waals surface area (Å²) in [4.78, 5) is 15.6. The average molecular weight is 275 g/mol. The van der Waals surface area contributed by atoms with E-state index in [1.807, 2.05) is 28.5 Å². The molecule has 1 amide bonds. The van der Waals surface area contributed by atoms with E-state index in [1.54, 1.807) is 17.5 Å². The minimum atomic E-state index is 0.170. The summed E-state index contributed by atoms with van der Waals surface area (Å²) in [6, 6.07) is 6.17. The van der Waals surface area contributed by atoms with Crippen LogP contribution in [-0.4, -0.2) is 27.5 Å². The van der Waals surface area contributed by atoms with Crippen molar-refractivity contribution in [1.82, 2.24) is 15.1 Å². The van der Waals surface area contributed by atoms with Gasteiger partial charge in [-0.3, -0.25) is 9.89 Å². The number of amides is 1. The number of carbonyl (C=O) groups is 1. The van der Waals surface area contributed by atoms with Gasteiger partial charge in [0, 0.05) is 17.6 Å². The van der Waals surface area contributed by atoms with Crippen LogP contribution in [0.15, 0.2) is 29.8 Å². The molecule has 0 unspecified atom stereocenters. The minimum absolute atomic E-state index is 0.170. The van der Waals surface area contributed by atoms with E-state index in [2.05, 4.69) is 10.2 Å². The van der Waals surface area contributed by atoms with Crippen molar-refractivity contribution < 1.29 is 4.79 Å². The summed E-state index contributed by atoms with van der Waals surface area (Å²) >= 11 is 1.65. The Hall–Kier alpha value is -1.62. The molecule has 2 aromatic heterocycles. The van der Waals surface area contributed by atoms with Gasteiger partial charge in [-0.05, 0) is 36.8 Å². The van der Waals surface area contributed by atoms with Crippen LogP contribution >= 0.6 is 11.3 Å². The van der Waals surface area contributed by atoms with Gasteiger partial charge in [-0.15, -0.1) is 11.3 Å². The first-order valence-electron chi connectivity index (χ1n) is 6.66. The standard InChI is InChI=1S/C14H17N3OS/c18-14(10-11-4-3-9-19-11)17-8-2-1-5-13(17)12-6-7-15-16-12/h3-4,6-7,9,13H,1-2,5,8,10H2,(H,15,16)/t13-/m0/s1. The predicted octanol–water partition coefficient (Wildman–Crippen LogP) is 2.77. The molecule has 3 heterocycles. The van der Waals surface area contributed by atoms with Gasteiger partial charge in [-0.25, -0.2) is 0 Å². The molecule has 2 aromatic rings. The Labute approximate surface area is 116 Å². The Morgan fingerprint density at radius 3 is 3.16 bits per heavy atom. The van der Waals surface area contributed by atoms with Gasteiger partial charge in [-0.2, -0.15) is 5.10 Å². The number of nitrogens with one attached hydrogen (secondary N) is 1. The van der Waals surface area contributed by atoms with Crippen molar-refractivity contribution in [1.29, 1.82) is 0 Å². The monoisotopic (exact) mass is 275 g/mol. The van der Waals surface area contributed by atoms with Gasteiger partial charge in [0.2, 0.25) is 5.91 Å². The third kappa shape index (κ3) is 2.71. The van der Waals surface area contributed by atoms with Crippen molar-refractivity contribution in [3.05, 3.63) is 40.3 Å². The summed E-state index contributed by atoms with van der Waals surface area (Å²) in [7, 11) is 0. The van der Waals surface area contributed by atoms with Gasteiger partial charge in [-0.1, -0.05) is 6.07 Å². The second-order valence-electron chi connectivity index (χ2n) is 4.87. The molecule has 19 heavy (non-hydrogen) atoms. The largest absolute Gasteiger partial charge is 0.334 e. The number of hydrogen-bond acceptors (Lipinski definition) is 3. The summed E-state index contributed by atoms with van der Waals surface area (Å²) in [5.74, 6) is 0.224. The number of aromatic amines is 1. The molecule has 1 saturated heterocycles. The summed E-state index contributed by atoms with van der Waals surface area (Å²) in [6.07, 6.45) is 5.57. The summed E-state index contributed by atoms with van der Waals surface area (Å²) in [5, 5.41) is 9.03. The maximum atomic E-state index is 12.5. The third-order valence-electron chi connectivity index (χ3n) is 3.61.